The van der Waals surface area contributed by atoms with E-state index in [4.69, 9.17) is 0 Å². The second-order valence-corrected chi connectivity index (χ2v) is 8.94. The highest BCUT2D eigenvalue weighted by Crippen LogP contribution is 2.30. The number of hydrogen-bond donors (Lipinski definition) is 1. The monoisotopic (exact) mass is 454 g/mol. The molecular formula is C28H30N4O2. The first-order valence-electron chi connectivity index (χ1n) is 11.9. The number of hydrogen-bond acceptors (Lipinski definition) is 3. The van der Waals surface area contributed by atoms with Gasteiger partial charge in [-0.15, -0.1) is 0 Å². The Morgan fingerprint density at radius 1 is 0.824 bits per heavy atom. The summed E-state index contributed by atoms with van der Waals surface area (Å²) < 4.78 is 0. The van der Waals surface area contributed by atoms with E-state index >= 15 is 0 Å². The summed E-state index contributed by atoms with van der Waals surface area (Å²) in [4.78, 5) is 31.4. The maximum atomic E-state index is 13.3. The lowest BCUT2D eigenvalue weighted by atomic mass is 9.96. The van der Waals surface area contributed by atoms with Crippen LogP contribution in [0.4, 0.5) is 10.5 Å². The van der Waals surface area contributed by atoms with Crippen molar-refractivity contribution < 1.29 is 9.59 Å². The highest BCUT2D eigenvalue weighted by atomic mass is 16.2. The van der Waals surface area contributed by atoms with Crippen molar-refractivity contribution in [1.29, 1.82) is 0 Å². The smallest absolute Gasteiger partial charge is 0.322 e. The van der Waals surface area contributed by atoms with E-state index in [1.54, 1.807) is 4.90 Å². The van der Waals surface area contributed by atoms with Crippen LogP contribution in [0.5, 0.6) is 0 Å². The lowest BCUT2D eigenvalue weighted by molar-refractivity contribution is 0.0597. The van der Waals surface area contributed by atoms with Crippen molar-refractivity contribution in [3.8, 4) is 0 Å². The Bertz CT molecular complexity index is 1120. The number of benzene rings is 3. The Labute approximate surface area is 200 Å². The molecule has 0 unspecified atom stereocenters. The number of piperazine rings is 1. The van der Waals surface area contributed by atoms with Crippen LogP contribution >= 0.6 is 0 Å². The number of carbonyl (C=O) groups excluding carboxylic acids is 2. The number of aryl methyl sites for hydroxylation is 1. The summed E-state index contributed by atoms with van der Waals surface area (Å²) in [7, 11) is 0. The second-order valence-electron chi connectivity index (χ2n) is 8.94. The van der Waals surface area contributed by atoms with Gasteiger partial charge in [-0.05, 0) is 41.8 Å². The lowest BCUT2D eigenvalue weighted by Gasteiger charge is -2.40. The van der Waals surface area contributed by atoms with Crippen molar-refractivity contribution in [1.82, 2.24) is 15.1 Å². The van der Waals surface area contributed by atoms with Crippen LogP contribution in [-0.2, 0) is 0 Å². The predicted molar refractivity (Wildman–Crippen MR) is 134 cm³/mol. The molecule has 5 rings (SSSR count). The number of amides is 3. The van der Waals surface area contributed by atoms with Crippen LogP contribution in [0.1, 0.15) is 33.1 Å². The number of rotatable bonds is 5. The van der Waals surface area contributed by atoms with Gasteiger partial charge < -0.3 is 10.2 Å². The van der Waals surface area contributed by atoms with Crippen molar-refractivity contribution >= 4 is 17.6 Å². The molecule has 0 saturated carbocycles. The van der Waals surface area contributed by atoms with Crippen molar-refractivity contribution in [2.24, 2.45) is 0 Å². The Balaban J connectivity index is 1.29. The molecule has 0 spiro atoms. The Hall–Kier alpha value is -3.64. The molecule has 0 atom stereocenters. The summed E-state index contributed by atoms with van der Waals surface area (Å²) in [5.41, 5.74) is 5.02. The normalized spacial score (nSPS) is 16.7. The summed E-state index contributed by atoms with van der Waals surface area (Å²) in [6.07, 6.45) is 0. The molecule has 174 valence electrons. The second kappa shape index (κ2) is 9.69. The third kappa shape index (κ3) is 4.41. The molecule has 1 N–H and O–H groups in total. The van der Waals surface area contributed by atoms with E-state index in [2.05, 4.69) is 58.7 Å². The molecule has 2 saturated heterocycles. The van der Waals surface area contributed by atoms with Crippen LogP contribution < -0.4 is 10.2 Å². The van der Waals surface area contributed by atoms with E-state index in [0.29, 0.717) is 31.7 Å². The van der Waals surface area contributed by atoms with Gasteiger partial charge in [-0.3, -0.25) is 14.6 Å². The highest BCUT2D eigenvalue weighted by Gasteiger charge is 2.29. The van der Waals surface area contributed by atoms with E-state index in [-0.39, 0.29) is 18.0 Å². The first-order chi connectivity index (χ1) is 16.6. The highest BCUT2D eigenvalue weighted by molar-refractivity contribution is 5.98. The third-order valence-corrected chi connectivity index (χ3v) is 6.79. The summed E-state index contributed by atoms with van der Waals surface area (Å²) >= 11 is 0. The van der Waals surface area contributed by atoms with Crippen LogP contribution in [0.3, 0.4) is 0 Å². The van der Waals surface area contributed by atoms with Gasteiger partial charge in [0.1, 0.15) is 0 Å². The predicted octanol–water partition coefficient (Wildman–Crippen LogP) is 4.07. The van der Waals surface area contributed by atoms with Gasteiger partial charge in [0.05, 0.1) is 6.04 Å². The first kappa shape index (κ1) is 22.2. The van der Waals surface area contributed by atoms with Crippen molar-refractivity contribution in [3.63, 3.8) is 0 Å². The minimum absolute atomic E-state index is 0.0520. The standard InChI is InChI=1S/C28H30N4O2/c1-21-20-24(12-13-25(21)32-15-14-29-28(32)34)27(33)31-18-16-30(17-19-31)26(22-8-4-2-5-9-22)23-10-6-3-7-11-23/h2-13,20,26H,14-19H2,1H3,(H,29,34). The minimum atomic E-state index is -0.0790. The third-order valence-electron chi connectivity index (χ3n) is 6.79. The van der Waals surface area contributed by atoms with Crippen LogP contribution in [0.15, 0.2) is 78.9 Å². The van der Waals surface area contributed by atoms with E-state index in [0.717, 1.165) is 24.3 Å². The largest absolute Gasteiger partial charge is 0.336 e. The number of nitrogens with one attached hydrogen (secondary N) is 1. The van der Waals surface area contributed by atoms with Crippen molar-refractivity contribution in [2.75, 3.05) is 44.2 Å². The van der Waals surface area contributed by atoms with Gasteiger partial charge in [0.15, 0.2) is 0 Å². The van der Waals surface area contributed by atoms with Gasteiger partial charge in [-0.25, -0.2) is 4.79 Å². The summed E-state index contributed by atoms with van der Waals surface area (Å²) in [6.45, 7) is 6.25. The van der Waals surface area contributed by atoms with E-state index in [1.807, 2.05) is 42.2 Å². The molecular weight excluding hydrogens is 424 g/mol. The van der Waals surface area contributed by atoms with Crippen molar-refractivity contribution in [3.05, 3.63) is 101 Å². The summed E-state index contributed by atoms with van der Waals surface area (Å²) in [6, 6.07) is 26.9. The Kier molecular flexibility index (Phi) is 6.32. The topological polar surface area (TPSA) is 55.9 Å². The molecule has 0 aliphatic carbocycles. The van der Waals surface area contributed by atoms with Gasteiger partial charge in [-0.2, -0.15) is 0 Å². The summed E-state index contributed by atoms with van der Waals surface area (Å²) in [5.74, 6) is 0.0520. The minimum Gasteiger partial charge on any atom is -0.336 e. The lowest BCUT2D eigenvalue weighted by Crippen LogP contribution is -2.49. The van der Waals surface area contributed by atoms with Crippen LogP contribution in [0.2, 0.25) is 0 Å². The molecule has 0 bridgehead atoms. The van der Waals surface area contributed by atoms with Crippen molar-refractivity contribution in [2.45, 2.75) is 13.0 Å². The average Bonchev–Trinajstić information content (AvgIpc) is 3.31. The van der Waals surface area contributed by atoms with Gasteiger partial charge in [0.25, 0.3) is 5.91 Å². The maximum absolute atomic E-state index is 13.3. The fraction of sp³-hybridized carbons (Fsp3) is 0.286. The van der Waals surface area contributed by atoms with Gasteiger partial charge in [0.2, 0.25) is 0 Å². The van der Waals surface area contributed by atoms with Crippen LogP contribution in [0, 0.1) is 6.92 Å². The quantitative estimate of drug-likeness (QED) is 0.632. The zero-order chi connectivity index (χ0) is 23.5. The number of anilines is 1. The molecule has 3 amide bonds. The number of nitrogens with zero attached hydrogens (tertiary/aromatic N) is 3. The van der Waals surface area contributed by atoms with E-state index in [1.165, 1.54) is 11.1 Å². The van der Waals surface area contributed by atoms with Gasteiger partial charge in [-0.1, -0.05) is 60.7 Å². The van der Waals surface area contributed by atoms with E-state index < -0.39 is 0 Å². The maximum Gasteiger partial charge on any atom is 0.322 e. The van der Waals surface area contributed by atoms with Crippen LogP contribution in [-0.4, -0.2) is 61.0 Å². The van der Waals surface area contributed by atoms with Crippen LogP contribution in [0.25, 0.3) is 0 Å². The Morgan fingerprint density at radius 3 is 1.97 bits per heavy atom. The zero-order valence-corrected chi connectivity index (χ0v) is 19.5. The van der Waals surface area contributed by atoms with Gasteiger partial charge >= 0.3 is 6.03 Å². The molecule has 2 heterocycles. The Morgan fingerprint density at radius 2 is 1.44 bits per heavy atom. The molecule has 2 aliphatic rings. The van der Waals surface area contributed by atoms with Gasteiger partial charge in [0, 0.05) is 50.5 Å². The molecule has 6 nitrogen and oxygen atoms in total. The average molecular weight is 455 g/mol. The fourth-order valence-corrected chi connectivity index (χ4v) is 5.04. The molecule has 0 radical (unpaired) electrons. The summed E-state index contributed by atoms with van der Waals surface area (Å²) in [5, 5.41) is 2.83. The first-order valence-corrected chi connectivity index (χ1v) is 11.9. The van der Waals surface area contributed by atoms with E-state index in [9.17, 15) is 9.59 Å². The molecule has 2 aliphatic heterocycles. The molecule has 2 fully saturated rings. The zero-order valence-electron chi connectivity index (χ0n) is 19.5. The SMILES string of the molecule is Cc1cc(C(=O)N2CCN(C(c3ccccc3)c3ccccc3)CC2)ccc1N1CCNC1=O. The molecule has 6 heteroatoms. The number of urea groups is 1. The molecule has 3 aromatic rings. The fourth-order valence-electron chi connectivity index (χ4n) is 5.04. The molecule has 3 aromatic carbocycles. The molecule has 0 aromatic heterocycles. The molecule has 34 heavy (non-hydrogen) atoms. The number of carbonyl (C=O) groups is 2.